The van der Waals surface area contributed by atoms with Crippen molar-refractivity contribution in [3.05, 3.63) is 104 Å². The van der Waals surface area contributed by atoms with Crippen molar-refractivity contribution in [1.29, 1.82) is 0 Å². The van der Waals surface area contributed by atoms with Gasteiger partial charge in [0.1, 0.15) is 0 Å². The fourth-order valence-corrected chi connectivity index (χ4v) is 4.68. The Morgan fingerprint density at radius 3 is 1.45 bits per heavy atom. The van der Waals surface area contributed by atoms with Gasteiger partial charge in [-0.25, -0.2) is 0 Å². The van der Waals surface area contributed by atoms with Crippen molar-refractivity contribution in [2.75, 3.05) is 0 Å². The van der Waals surface area contributed by atoms with Crippen LogP contribution in [0.4, 0.5) is 0 Å². The third kappa shape index (κ3) is 4.85. The summed E-state index contributed by atoms with van der Waals surface area (Å²) >= 11 is 0. The highest BCUT2D eigenvalue weighted by molar-refractivity contribution is 5.70. The highest BCUT2D eigenvalue weighted by atomic mass is 14.2. The standard InChI is InChI=1S/C31H36/c1-21-7-9-24(10-8-21)11-12-25-17-26-13-15-28-19-30(31(4,5)6)20-29(23(28)3)16-14-27(18-25)22(26)2/h7-12,17-20H,13-16H2,1-6H3/b12-11+. The van der Waals surface area contributed by atoms with E-state index in [1.165, 1.54) is 55.6 Å². The summed E-state index contributed by atoms with van der Waals surface area (Å²) in [7, 11) is 0. The number of benzene rings is 3. The van der Waals surface area contributed by atoms with Crippen LogP contribution in [0.25, 0.3) is 12.2 Å². The minimum atomic E-state index is 0.194. The van der Waals surface area contributed by atoms with Gasteiger partial charge in [-0.05, 0) is 102 Å². The fraction of sp³-hybridized carbons (Fsp3) is 0.355. The van der Waals surface area contributed by atoms with Gasteiger partial charge in [-0.1, -0.05) is 87.0 Å². The van der Waals surface area contributed by atoms with Crippen LogP contribution in [0.2, 0.25) is 0 Å². The van der Waals surface area contributed by atoms with Crippen molar-refractivity contribution in [2.45, 2.75) is 72.6 Å². The van der Waals surface area contributed by atoms with Crippen molar-refractivity contribution in [3.63, 3.8) is 0 Å². The zero-order valence-corrected chi connectivity index (χ0v) is 20.1. The van der Waals surface area contributed by atoms with Crippen molar-refractivity contribution < 1.29 is 0 Å². The molecule has 1 aliphatic carbocycles. The van der Waals surface area contributed by atoms with E-state index in [9.17, 15) is 0 Å². The minimum absolute atomic E-state index is 0.194. The third-order valence-electron chi connectivity index (χ3n) is 7.01. The molecular weight excluding hydrogens is 372 g/mol. The molecule has 0 radical (unpaired) electrons. The van der Waals surface area contributed by atoms with Gasteiger partial charge >= 0.3 is 0 Å². The normalized spacial score (nSPS) is 14.1. The van der Waals surface area contributed by atoms with Crippen molar-refractivity contribution >= 4 is 12.2 Å². The maximum absolute atomic E-state index is 2.47. The number of aryl methyl sites for hydroxylation is 5. The van der Waals surface area contributed by atoms with Crippen LogP contribution in [0.1, 0.15) is 76.4 Å². The molecule has 0 aliphatic heterocycles. The zero-order chi connectivity index (χ0) is 22.2. The Labute approximate surface area is 189 Å². The molecule has 0 heteroatoms. The maximum atomic E-state index is 2.47. The highest BCUT2D eigenvalue weighted by Gasteiger charge is 2.19. The SMILES string of the molecule is Cc1ccc(/C=C/c2cc3c(C)c(c2)CCc2cc(C(C)(C)C)cc(c2C)CC3)cc1. The molecule has 1 aliphatic rings. The lowest BCUT2D eigenvalue weighted by atomic mass is 9.80. The summed E-state index contributed by atoms with van der Waals surface area (Å²) in [5.41, 5.74) is 14.6. The molecule has 0 atom stereocenters. The van der Waals surface area contributed by atoms with Crippen LogP contribution in [0.5, 0.6) is 0 Å². The molecule has 0 saturated carbocycles. The van der Waals surface area contributed by atoms with E-state index < -0.39 is 0 Å². The molecule has 4 rings (SSSR count). The quantitative estimate of drug-likeness (QED) is 0.377. The molecule has 0 fully saturated rings. The average molecular weight is 409 g/mol. The molecule has 0 aromatic heterocycles. The molecule has 0 spiro atoms. The van der Waals surface area contributed by atoms with Gasteiger partial charge < -0.3 is 0 Å². The van der Waals surface area contributed by atoms with Gasteiger partial charge in [-0.3, -0.25) is 0 Å². The average Bonchev–Trinajstić information content (AvgIpc) is 2.72. The first-order valence-corrected chi connectivity index (χ1v) is 11.7. The predicted molar refractivity (Wildman–Crippen MR) is 136 cm³/mol. The summed E-state index contributed by atoms with van der Waals surface area (Å²) in [5, 5.41) is 0. The first-order chi connectivity index (χ1) is 14.7. The number of hydrogen-bond donors (Lipinski definition) is 0. The molecule has 3 aromatic rings. The van der Waals surface area contributed by atoms with E-state index in [1.807, 2.05) is 0 Å². The summed E-state index contributed by atoms with van der Waals surface area (Å²) in [6.07, 6.45) is 8.98. The molecule has 0 unspecified atom stereocenters. The van der Waals surface area contributed by atoms with Crippen molar-refractivity contribution in [2.24, 2.45) is 0 Å². The van der Waals surface area contributed by atoms with E-state index in [2.05, 4.69) is 102 Å². The Morgan fingerprint density at radius 1 is 0.581 bits per heavy atom. The van der Waals surface area contributed by atoms with Crippen molar-refractivity contribution in [1.82, 2.24) is 0 Å². The second-order valence-electron chi connectivity index (χ2n) is 10.4. The lowest BCUT2D eigenvalue weighted by Gasteiger charge is -2.25. The summed E-state index contributed by atoms with van der Waals surface area (Å²) in [6.45, 7) is 13.8. The molecule has 0 saturated heterocycles. The third-order valence-corrected chi connectivity index (χ3v) is 7.01. The molecule has 160 valence electrons. The number of rotatable bonds is 2. The lowest BCUT2D eigenvalue weighted by Crippen LogP contribution is -2.14. The van der Waals surface area contributed by atoms with Gasteiger partial charge in [0, 0.05) is 0 Å². The summed E-state index contributed by atoms with van der Waals surface area (Å²) < 4.78 is 0. The minimum Gasteiger partial charge on any atom is -0.0587 e. The number of hydrogen-bond acceptors (Lipinski definition) is 0. The molecule has 0 heterocycles. The summed E-state index contributed by atoms with van der Waals surface area (Å²) in [4.78, 5) is 0. The molecule has 0 N–H and O–H groups in total. The van der Waals surface area contributed by atoms with Crippen LogP contribution in [0.3, 0.4) is 0 Å². The van der Waals surface area contributed by atoms with Crippen LogP contribution in [0.15, 0.2) is 48.5 Å². The van der Waals surface area contributed by atoms with E-state index in [0.29, 0.717) is 0 Å². The molecular formula is C31H36. The van der Waals surface area contributed by atoms with E-state index in [1.54, 1.807) is 0 Å². The van der Waals surface area contributed by atoms with Gasteiger partial charge in [0.15, 0.2) is 0 Å². The zero-order valence-electron chi connectivity index (χ0n) is 20.1. The Balaban J connectivity index is 1.69. The lowest BCUT2D eigenvalue weighted by molar-refractivity contribution is 0.587. The van der Waals surface area contributed by atoms with Gasteiger partial charge in [-0.15, -0.1) is 0 Å². The van der Waals surface area contributed by atoms with Gasteiger partial charge in [0.2, 0.25) is 0 Å². The second-order valence-corrected chi connectivity index (χ2v) is 10.4. The van der Waals surface area contributed by atoms with Crippen LogP contribution < -0.4 is 0 Å². The van der Waals surface area contributed by atoms with E-state index >= 15 is 0 Å². The Hall–Kier alpha value is -2.60. The number of fused-ring (bicyclic) bond motifs is 4. The molecule has 3 aromatic carbocycles. The van der Waals surface area contributed by atoms with Crippen molar-refractivity contribution in [3.8, 4) is 0 Å². The largest absolute Gasteiger partial charge is 0.0587 e. The predicted octanol–water partition coefficient (Wildman–Crippen LogP) is 7.96. The van der Waals surface area contributed by atoms with Gasteiger partial charge in [0.05, 0.1) is 0 Å². The Bertz CT molecular complexity index is 1070. The molecule has 0 amide bonds. The highest BCUT2D eigenvalue weighted by Crippen LogP contribution is 2.31. The fourth-order valence-electron chi connectivity index (χ4n) is 4.68. The van der Waals surface area contributed by atoms with Crippen LogP contribution in [-0.4, -0.2) is 0 Å². The van der Waals surface area contributed by atoms with E-state index in [-0.39, 0.29) is 5.41 Å². The van der Waals surface area contributed by atoms with Gasteiger partial charge in [-0.2, -0.15) is 0 Å². The summed E-state index contributed by atoms with van der Waals surface area (Å²) in [5.74, 6) is 0. The molecule has 31 heavy (non-hydrogen) atoms. The van der Waals surface area contributed by atoms with Gasteiger partial charge in [0.25, 0.3) is 0 Å². The monoisotopic (exact) mass is 408 g/mol. The maximum Gasteiger partial charge on any atom is -0.0132 e. The molecule has 0 nitrogen and oxygen atoms in total. The van der Waals surface area contributed by atoms with Crippen LogP contribution in [-0.2, 0) is 31.1 Å². The topological polar surface area (TPSA) is 0 Å². The van der Waals surface area contributed by atoms with Crippen LogP contribution >= 0.6 is 0 Å². The first-order valence-electron chi connectivity index (χ1n) is 11.7. The second kappa shape index (κ2) is 8.50. The van der Waals surface area contributed by atoms with E-state index in [4.69, 9.17) is 0 Å². The van der Waals surface area contributed by atoms with E-state index in [0.717, 1.165) is 25.7 Å². The Kier molecular flexibility index (Phi) is 5.93. The van der Waals surface area contributed by atoms with Crippen LogP contribution in [0, 0.1) is 20.8 Å². The first kappa shape index (κ1) is 21.6. The smallest absolute Gasteiger partial charge is 0.0132 e. The molecule has 4 bridgehead atoms. The summed E-state index contributed by atoms with van der Waals surface area (Å²) in [6, 6.07) is 18.5. The Morgan fingerprint density at radius 2 is 1.00 bits per heavy atom.